The second kappa shape index (κ2) is 5.53. The van der Waals surface area contributed by atoms with Gasteiger partial charge in [-0.2, -0.15) is 0 Å². The summed E-state index contributed by atoms with van der Waals surface area (Å²) in [4.78, 5) is 12.1. The molecule has 0 atom stereocenters. The van der Waals surface area contributed by atoms with Gasteiger partial charge in [-0.05, 0) is 37.1 Å². The van der Waals surface area contributed by atoms with Gasteiger partial charge in [-0.1, -0.05) is 48.0 Å². The molecule has 96 valence electrons. The highest BCUT2D eigenvalue weighted by Crippen LogP contribution is 2.21. The number of phenolic OH excluding ortho intramolecular Hbond substituents is 1. The minimum Gasteiger partial charge on any atom is -0.507 e. The molecule has 0 spiro atoms. The lowest BCUT2D eigenvalue weighted by molar-refractivity contribution is 0.104. The lowest BCUT2D eigenvalue weighted by Gasteiger charge is -2.04. The highest BCUT2D eigenvalue weighted by atomic mass is 16.3. The molecule has 0 amide bonds. The molecule has 2 heteroatoms. The summed E-state index contributed by atoms with van der Waals surface area (Å²) in [5, 5.41) is 9.74. The molecule has 0 aromatic heterocycles. The van der Waals surface area contributed by atoms with Gasteiger partial charge in [-0.25, -0.2) is 0 Å². The summed E-state index contributed by atoms with van der Waals surface area (Å²) in [6, 6.07) is 13.0. The molecule has 0 fully saturated rings. The molecule has 0 radical (unpaired) electrons. The Kier molecular flexibility index (Phi) is 3.81. The number of ketones is 1. The molecule has 0 unspecified atom stereocenters. The van der Waals surface area contributed by atoms with E-state index >= 15 is 0 Å². The van der Waals surface area contributed by atoms with Gasteiger partial charge in [-0.15, -0.1) is 0 Å². The third kappa shape index (κ3) is 3.10. The molecule has 0 aliphatic heterocycles. The topological polar surface area (TPSA) is 37.3 Å². The van der Waals surface area contributed by atoms with Crippen LogP contribution in [-0.4, -0.2) is 10.9 Å². The Hall–Kier alpha value is -2.35. The Bertz CT molecular complexity index is 602. The predicted molar refractivity (Wildman–Crippen MR) is 77.4 cm³/mol. The summed E-state index contributed by atoms with van der Waals surface area (Å²) in [7, 11) is 0. The van der Waals surface area contributed by atoms with Crippen molar-refractivity contribution in [2.45, 2.75) is 13.8 Å². The lowest BCUT2D eigenvalue weighted by Crippen LogP contribution is -1.98. The molecule has 0 heterocycles. The van der Waals surface area contributed by atoms with Gasteiger partial charge in [0.2, 0.25) is 0 Å². The fraction of sp³-hybridized carbons (Fsp3) is 0.118. The van der Waals surface area contributed by atoms with Gasteiger partial charge in [0, 0.05) is 0 Å². The zero-order valence-corrected chi connectivity index (χ0v) is 11.1. The van der Waals surface area contributed by atoms with Gasteiger partial charge < -0.3 is 5.11 Å². The predicted octanol–water partition coefficient (Wildman–Crippen LogP) is 3.91. The van der Waals surface area contributed by atoms with Crippen LogP contribution in [0.25, 0.3) is 6.08 Å². The lowest BCUT2D eigenvalue weighted by atomic mass is 10.0. The Morgan fingerprint density at radius 1 is 1.05 bits per heavy atom. The maximum absolute atomic E-state index is 12.1. The minimum atomic E-state index is -0.184. The number of aromatic hydroxyl groups is 1. The van der Waals surface area contributed by atoms with E-state index in [2.05, 4.69) is 0 Å². The third-order valence-corrected chi connectivity index (χ3v) is 3.00. The first-order valence-corrected chi connectivity index (χ1v) is 6.15. The van der Waals surface area contributed by atoms with Crippen molar-refractivity contribution in [1.82, 2.24) is 0 Å². The molecule has 1 N–H and O–H groups in total. The summed E-state index contributed by atoms with van der Waals surface area (Å²) in [6.45, 7) is 3.83. The van der Waals surface area contributed by atoms with Crippen molar-refractivity contribution in [3.63, 3.8) is 0 Å². The van der Waals surface area contributed by atoms with E-state index in [-0.39, 0.29) is 11.5 Å². The Morgan fingerprint density at radius 2 is 1.74 bits per heavy atom. The van der Waals surface area contributed by atoms with Crippen molar-refractivity contribution < 1.29 is 9.90 Å². The molecule has 2 nitrogen and oxygen atoms in total. The number of carbonyl (C=O) groups excluding carboxylic acids is 1. The van der Waals surface area contributed by atoms with Crippen LogP contribution in [0.1, 0.15) is 27.0 Å². The van der Waals surface area contributed by atoms with E-state index in [0.29, 0.717) is 5.56 Å². The van der Waals surface area contributed by atoms with Crippen molar-refractivity contribution in [3.05, 3.63) is 70.8 Å². The summed E-state index contributed by atoms with van der Waals surface area (Å²) < 4.78 is 0. The molecule has 0 bridgehead atoms. The highest BCUT2D eigenvalue weighted by molar-refractivity contribution is 6.09. The Labute approximate surface area is 113 Å². The number of phenols is 1. The number of benzene rings is 2. The first kappa shape index (κ1) is 13.1. The molecule has 0 saturated heterocycles. The van der Waals surface area contributed by atoms with Crippen LogP contribution in [0.4, 0.5) is 0 Å². The smallest absolute Gasteiger partial charge is 0.189 e. The van der Waals surface area contributed by atoms with E-state index in [4.69, 9.17) is 0 Å². The minimum absolute atomic E-state index is 0.0264. The quantitative estimate of drug-likeness (QED) is 0.664. The fourth-order valence-corrected chi connectivity index (χ4v) is 1.91. The van der Waals surface area contributed by atoms with E-state index < -0.39 is 0 Å². The van der Waals surface area contributed by atoms with Crippen LogP contribution in [0, 0.1) is 13.8 Å². The molecule has 0 saturated carbocycles. The van der Waals surface area contributed by atoms with Crippen LogP contribution in [0.15, 0.2) is 48.5 Å². The van der Waals surface area contributed by atoms with Crippen LogP contribution < -0.4 is 0 Å². The maximum Gasteiger partial charge on any atom is 0.189 e. The zero-order chi connectivity index (χ0) is 13.8. The van der Waals surface area contributed by atoms with Gasteiger partial charge in [-0.3, -0.25) is 4.79 Å². The second-order valence-electron chi connectivity index (χ2n) is 4.58. The van der Waals surface area contributed by atoms with Crippen molar-refractivity contribution in [3.8, 4) is 5.75 Å². The van der Waals surface area contributed by atoms with E-state index in [1.807, 2.05) is 44.2 Å². The number of rotatable bonds is 3. The number of hydrogen-bond donors (Lipinski definition) is 1. The summed E-state index contributed by atoms with van der Waals surface area (Å²) >= 11 is 0. The van der Waals surface area contributed by atoms with E-state index in [0.717, 1.165) is 11.1 Å². The highest BCUT2D eigenvalue weighted by Gasteiger charge is 2.10. The Morgan fingerprint density at radius 3 is 2.37 bits per heavy atom. The van der Waals surface area contributed by atoms with Crippen molar-refractivity contribution in [2.75, 3.05) is 0 Å². The summed E-state index contributed by atoms with van der Waals surface area (Å²) in [6.07, 6.45) is 3.25. The monoisotopic (exact) mass is 252 g/mol. The van der Waals surface area contributed by atoms with Crippen LogP contribution in [0.5, 0.6) is 5.75 Å². The number of allylic oxidation sites excluding steroid dienone is 1. The van der Waals surface area contributed by atoms with Gasteiger partial charge in [0.1, 0.15) is 5.75 Å². The molecule has 0 aliphatic carbocycles. The van der Waals surface area contributed by atoms with Gasteiger partial charge in [0.15, 0.2) is 5.78 Å². The van der Waals surface area contributed by atoms with Crippen molar-refractivity contribution in [2.24, 2.45) is 0 Å². The second-order valence-corrected chi connectivity index (χ2v) is 4.58. The largest absolute Gasteiger partial charge is 0.507 e. The first-order chi connectivity index (χ1) is 9.08. The van der Waals surface area contributed by atoms with Gasteiger partial charge in [0.25, 0.3) is 0 Å². The summed E-state index contributed by atoms with van der Waals surface area (Å²) in [5.41, 5.74) is 3.29. The maximum atomic E-state index is 12.1. The normalized spacial score (nSPS) is 10.8. The Balaban J connectivity index is 2.24. The van der Waals surface area contributed by atoms with E-state index in [9.17, 15) is 9.90 Å². The van der Waals surface area contributed by atoms with Gasteiger partial charge in [0.05, 0.1) is 5.56 Å². The summed E-state index contributed by atoms with van der Waals surface area (Å²) in [5.74, 6) is -0.158. The van der Waals surface area contributed by atoms with Crippen molar-refractivity contribution in [1.29, 1.82) is 0 Å². The van der Waals surface area contributed by atoms with E-state index in [1.165, 1.54) is 17.7 Å². The molecule has 2 aromatic rings. The standard InChI is InChI=1S/C17H16O2/c1-12-6-8-14(9-7-12)10-11-16(19)17-13(2)4-3-5-15(17)18/h3-11,18H,1-2H3. The zero-order valence-electron chi connectivity index (χ0n) is 11.1. The first-order valence-electron chi connectivity index (χ1n) is 6.15. The number of hydrogen-bond acceptors (Lipinski definition) is 2. The van der Waals surface area contributed by atoms with Crippen LogP contribution in [0.2, 0.25) is 0 Å². The molecular weight excluding hydrogens is 236 g/mol. The van der Waals surface area contributed by atoms with Gasteiger partial charge >= 0.3 is 0 Å². The average molecular weight is 252 g/mol. The number of carbonyl (C=O) groups is 1. The molecule has 2 aromatic carbocycles. The molecular formula is C17H16O2. The van der Waals surface area contributed by atoms with Crippen LogP contribution >= 0.6 is 0 Å². The molecule has 19 heavy (non-hydrogen) atoms. The van der Waals surface area contributed by atoms with Crippen LogP contribution in [-0.2, 0) is 0 Å². The average Bonchev–Trinajstić information content (AvgIpc) is 2.38. The third-order valence-electron chi connectivity index (χ3n) is 3.00. The molecule has 2 rings (SSSR count). The molecule has 0 aliphatic rings. The van der Waals surface area contributed by atoms with Crippen molar-refractivity contribution >= 4 is 11.9 Å². The van der Waals surface area contributed by atoms with E-state index in [1.54, 1.807) is 12.1 Å². The van der Waals surface area contributed by atoms with Crippen LogP contribution in [0.3, 0.4) is 0 Å². The SMILES string of the molecule is Cc1ccc(C=CC(=O)c2c(C)cccc2O)cc1. The fourth-order valence-electron chi connectivity index (χ4n) is 1.91. The number of aryl methyl sites for hydroxylation is 2.